The Labute approximate surface area is 85.8 Å². The fourth-order valence-electron chi connectivity index (χ4n) is 1.51. The van der Waals surface area contributed by atoms with E-state index in [9.17, 15) is 8.78 Å². The Morgan fingerprint density at radius 1 is 1.40 bits per heavy atom. The lowest BCUT2D eigenvalue weighted by molar-refractivity contribution is 0.405. The van der Waals surface area contributed by atoms with Gasteiger partial charge in [0.1, 0.15) is 23.2 Å². The SMILES string of the molecule is COc1cc(F)cc(F)c1C1=NCCN1. The normalized spacial score (nSPS) is 14.7. The molecule has 0 saturated heterocycles. The van der Waals surface area contributed by atoms with Gasteiger partial charge in [-0.3, -0.25) is 4.99 Å². The van der Waals surface area contributed by atoms with Crippen molar-refractivity contribution in [3.8, 4) is 5.75 Å². The number of ether oxygens (including phenoxy) is 1. The van der Waals surface area contributed by atoms with E-state index in [-0.39, 0.29) is 11.3 Å². The van der Waals surface area contributed by atoms with Crippen LogP contribution in [0.3, 0.4) is 0 Å². The molecule has 80 valence electrons. The molecule has 0 radical (unpaired) electrons. The molecule has 0 aromatic heterocycles. The van der Waals surface area contributed by atoms with E-state index in [4.69, 9.17) is 4.74 Å². The first-order chi connectivity index (χ1) is 7.22. The second-order valence-corrected chi connectivity index (χ2v) is 3.12. The van der Waals surface area contributed by atoms with Gasteiger partial charge in [-0.05, 0) is 0 Å². The molecule has 0 unspecified atom stereocenters. The van der Waals surface area contributed by atoms with Crippen LogP contribution in [-0.4, -0.2) is 26.0 Å². The predicted octanol–water partition coefficient (Wildman–Crippen LogP) is 1.32. The lowest BCUT2D eigenvalue weighted by Gasteiger charge is -2.09. The monoisotopic (exact) mass is 212 g/mol. The van der Waals surface area contributed by atoms with E-state index in [0.717, 1.165) is 12.1 Å². The third-order valence-corrected chi connectivity index (χ3v) is 2.15. The molecule has 0 bridgehead atoms. The van der Waals surface area contributed by atoms with Crippen molar-refractivity contribution in [1.82, 2.24) is 5.32 Å². The maximum atomic E-state index is 13.5. The molecule has 0 atom stereocenters. The summed E-state index contributed by atoms with van der Waals surface area (Å²) in [7, 11) is 1.37. The number of rotatable bonds is 2. The Bertz CT molecular complexity index is 418. The van der Waals surface area contributed by atoms with Crippen LogP contribution >= 0.6 is 0 Å². The van der Waals surface area contributed by atoms with Crippen molar-refractivity contribution < 1.29 is 13.5 Å². The Kier molecular flexibility index (Phi) is 2.53. The third kappa shape index (κ3) is 1.77. The van der Waals surface area contributed by atoms with Crippen molar-refractivity contribution >= 4 is 5.84 Å². The quantitative estimate of drug-likeness (QED) is 0.802. The van der Waals surface area contributed by atoms with E-state index < -0.39 is 11.6 Å². The van der Waals surface area contributed by atoms with Crippen LogP contribution in [0.25, 0.3) is 0 Å². The highest BCUT2D eigenvalue weighted by Crippen LogP contribution is 2.24. The molecule has 0 saturated carbocycles. The van der Waals surface area contributed by atoms with Crippen LogP contribution in [0.15, 0.2) is 17.1 Å². The second kappa shape index (κ2) is 3.84. The Morgan fingerprint density at radius 3 is 2.80 bits per heavy atom. The molecule has 0 amide bonds. The molecule has 1 aromatic rings. The summed E-state index contributed by atoms with van der Waals surface area (Å²) in [4.78, 5) is 4.07. The van der Waals surface area contributed by atoms with Crippen LogP contribution in [0.2, 0.25) is 0 Å². The highest BCUT2D eigenvalue weighted by atomic mass is 19.1. The van der Waals surface area contributed by atoms with Crippen LogP contribution in [-0.2, 0) is 0 Å². The van der Waals surface area contributed by atoms with Gasteiger partial charge in [-0.2, -0.15) is 0 Å². The molecular weight excluding hydrogens is 202 g/mol. The van der Waals surface area contributed by atoms with E-state index in [1.54, 1.807) is 0 Å². The van der Waals surface area contributed by atoms with Crippen molar-refractivity contribution in [1.29, 1.82) is 0 Å². The zero-order chi connectivity index (χ0) is 10.8. The van der Waals surface area contributed by atoms with Gasteiger partial charge >= 0.3 is 0 Å². The first-order valence-electron chi connectivity index (χ1n) is 4.54. The average molecular weight is 212 g/mol. The summed E-state index contributed by atoms with van der Waals surface area (Å²) in [6.07, 6.45) is 0. The Morgan fingerprint density at radius 2 is 2.20 bits per heavy atom. The van der Waals surface area contributed by atoms with Crippen LogP contribution in [0.5, 0.6) is 5.75 Å². The predicted molar refractivity (Wildman–Crippen MR) is 52.3 cm³/mol. The van der Waals surface area contributed by atoms with Crippen molar-refractivity contribution in [2.75, 3.05) is 20.2 Å². The lowest BCUT2D eigenvalue weighted by Crippen LogP contribution is -2.21. The minimum atomic E-state index is -0.667. The number of halogens is 2. The van der Waals surface area contributed by atoms with Crippen molar-refractivity contribution in [2.45, 2.75) is 0 Å². The van der Waals surface area contributed by atoms with Crippen LogP contribution in [0.1, 0.15) is 5.56 Å². The topological polar surface area (TPSA) is 33.6 Å². The van der Waals surface area contributed by atoms with Gasteiger partial charge in [0, 0.05) is 18.7 Å². The molecule has 0 spiro atoms. The van der Waals surface area contributed by atoms with Gasteiger partial charge in [0.15, 0.2) is 0 Å². The fourth-order valence-corrected chi connectivity index (χ4v) is 1.51. The van der Waals surface area contributed by atoms with Gasteiger partial charge in [0.2, 0.25) is 0 Å². The summed E-state index contributed by atoms with van der Waals surface area (Å²) in [6.45, 7) is 1.25. The number of nitrogens with one attached hydrogen (secondary N) is 1. The maximum Gasteiger partial charge on any atom is 0.140 e. The number of amidine groups is 1. The minimum absolute atomic E-state index is 0.153. The number of benzene rings is 1. The van der Waals surface area contributed by atoms with Gasteiger partial charge in [-0.15, -0.1) is 0 Å². The van der Waals surface area contributed by atoms with Crippen LogP contribution in [0, 0.1) is 11.6 Å². The summed E-state index contributed by atoms with van der Waals surface area (Å²) in [5.41, 5.74) is 0.191. The standard InChI is InChI=1S/C10H10F2N2O/c1-15-8-5-6(11)4-7(12)9(8)10-13-2-3-14-10/h4-5H,2-3H2,1H3,(H,13,14). The van der Waals surface area contributed by atoms with Crippen LogP contribution in [0.4, 0.5) is 8.78 Å². The van der Waals surface area contributed by atoms with Crippen LogP contribution < -0.4 is 10.1 Å². The smallest absolute Gasteiger partial charge is 0.140 e. The third-order valence-electron chi connectivity index (χ3n) is 2.15. The molecule has 1 aromatic carbocycles. The van der Waals surface area contributed by atoms with E-state index >= 15 is 0 Å². The number of nitrogens with zero attached hydrogens (tertiary/aromatic N) is 1. The van der Waals surface area contributed by atoms with Gasteiger partial charge in [-0.25, -0.2) is 8.78 Å². The van der Waals surface area contributed by atoms with Crippen molar-refractivity contribution in [3.05, 3.63) is 29.3 Å². The summed E-state index contributed by atoms with van der Waals surface area (Å²) in [6, 6.07) is 1.96. The van der Waals surface area contributed by atoms with Crippen molar-refractivity contribution in [2.24, 2.45) is 4.99 Å². The minimum Gasteiger partial charge on any atom is -0.496 e. The average Bonchev–Trinajstić information content (AvgIpc) is 2.69. The van der Waals surface area contributed by atoms with Crippen molar-refractivity contribution in [3.63, 3.8) is 0 Å². The molecule has 1 aliphatic rings. The molecule has 2 rings (SSSR count). The molecule has 0 aliphatic carbocycles. The van der Waals surface area contributed by atoms with E-state index in [0.29, 0.717) is 18.9 Å². The largest absolute Gasteiger partial charge is 0.496 e. The molecule has 1 heterocycles. The number of hydrogen-bond donors (Lipinski definition) is 1. The molecule has 0 fully saturated rings. The Balaban J connectivity index is 2.53. The van der Waals surface area contributed by atoms with E-state index in [2.05, 4.69) is 10.3 Å². The van der Waals surface area contributed by atoms with E-state index in [1.165, 1.54) is 7.11 Å². The highest BCUT2D eigenvalue weighted by Gasteiger charge is 2.19. The van der Waals surface area contributed by atoms with Gasteiger partial charge in [0.25, 0.3) is 0 Å². The van der Waals surface area contributed by atoms with E-state index in [1.807, 2.05) is 0 Å². The summed E-state index contributed by atoms with van der Waals surface area (Å²) in [5.74, 6) is -0.753. The molecule has 3 nitrogen and oxygen atoms in total. The first-order valence-corrected chi connectivity index (χ1v) is 4.54. The molecule has 1 N–H and O–H groups in total. The lowest BCUT2D eigenvalue weighted by atomic mass is 10.1. The summed E-state index contributed by atoms with van der Waals surface area (Å²) >= 11 is 0. The second-order valence-electron chi connectivity index (χ2n) is 3.12. The molecular formula is C10H10F2N2O. The molecule has 1 aliphatic heterocycles. The number of aliphatic imine (C=N–C) groups is 1. The maximum absolute atomic E-state index is 13.5. The van der Waals surface area contributed by atoms with Gasteiger partial charge in [-0.1, -0.05) is 0 Å². The van der Waals surface area contributed by atoms with Gasteiger partial charge < -0.3 is 10.1 Å². The number of methoxy groups -OCH3 is 1. The molecule has 15 heavy (non-hydrogen) atoms. The number of hydrogen-bond acceptors (Lipinski definition) is 3. The zero-order valence-corrected chi connectivity index (χ0v) is 8.18. The summed E-state index contributed by atoms with van der Waals surface area (Å²) < 4.78 is 31.3. The summed E-state index contributed by atoms with van der Waals surface area (Å²) in [5, 5.41) is 2.92. The zero-order valence-electron chi connectivity index (χ0n) is 8.18. The Hall–Kier alpha value is -1.65. The highest BCUT2D eigenvalue weighted by molar-refractivity contribution is 6.02. The van der Waals surface area contributed by atoms with Gasteiger partial charge in [0.05, 0.1) is 19.2 Å². The fraction of sp³-hybridized carbons (Fsp3) is 0.300. The molecule has 5 heteroatoms. The first kappa shape index (κ1) is 9.89.